The van der Waals surface area contributed by atoms with Crippen molar-refractivity contribution in [3.63, 3.8) is 0 Å². The normalized spacial score (nSPS) is 12.5. The lowest BCUT2D eigenvalue weighted by atomic mass is 10.2. The molecule has 0 spiro atoms. The first-order chi connectivity index (χ1) is 14.7. The Bertz CT molecular complexity index is 998. The number of fused-ring (bicyclic) bond motifs is 1. The molecule has 0 saturated heterocycles. The molecule has 0 aliphatic carbocycles. The molecule has 30 heavy (non-hydrogen) atoms. The average Bonchev–Trinajstić information content (AvgIpc) is 2.78. The zero-order valence-corrected chi connectivity index (χ0v) is 18.3. The van der Waals surface area contributed by atoms with Gasteiger partial charge in [0.2, 0.25) is 0 Å². The minimum Gasteiger partial charge on any atom is -0.493 e. The van der Waals surface area contributed by atoms with Crippen LogP contribution in [0.15, 0.2) is 59.3 Å². The third-order valence-corrected chi connectivity index (χ3v) is 5.28. The second-order valence-electron chi connectivity index (χ2n) is 6.83. The Morgan fingerprint density at radius 2 is 1.70 bits per heavy atom. The summed E-state index contributed by atoms with van der Waals surface area (Å²) in [6.45, 7) is 3.01. The van der Waals surface area contributed by atoms with Crippen molar-refractivity contribution in [3.05, 3.63) is 76.0 Å². The summed E-state index contributed by atoms with van der Waals surface area (Å²) in [7, 11) is 1.65. The van der Waals surface area contributed by atoms with Gasteiger partial charge < -0.3 is 24.3 Å². The second kappa shape index (κ2) is 9.82. The van der Waals surface area contributed by atoms with Gasteiger partial charge in [-0.2, -0.15) is 0 Å². The van der Waals surface area contributed by atoms with E-state index < -0.39 is 0 Å². The standard InChI is InChI=1S/C23H23BrN2O4/c1-27-22-12-18(14-26-13-16-4-6-25-7-5-16)10-19(24)23(22)30-15-17-2-3-20-21(11-17)29-9-8-28-20/h2-7,10-12,26H,8-9,13-15H2,1H3. The van der Waals surface area contributed by atoms with Crippen LogP contribution in [0.5, 0.6) is 23.0 Å². The predicted octanol–water partition coefficient (Wildman–Crippen LogP) is 4.49. The molecule has 4 rings (SSSR count). The Hall–Kier alpha value is -2.77. The maximum atomic E-state index is 6.07. The number of pyridine rings is 1. The van der Waals surface area contributed by atoms with E-state index in [0.717, 1.165) is 33.6 Å². The maximum Gasteiger partial charge on any atom is 0.175 e. The molecule has 0 bridgehead atoms. The fourth-order valence-electron chi connectivity index (χ4n) is 3.20. The molecule has 0 atom stereocenters. The van der Waals surface area contributed by atoms with Crippen LogP contribution in [0.25, 0.3) is 0 Å². The van der Waals surface area contributed by atoms with Crippen LogP contribution < -0.4 is 24.3 Å². The number of halogens is 1. The molecule has 1 aliphatic rings. The summed E-state index contributed by atoms with van der Waals surface area (Å²) in [6, 6.07) is 13.9. The number of aromatic nitrogens is 1. The van der Waals surface area contributed by atoms with E-state index in [0.29, 0.717) is 37.9 Å². The van der Waals surface area contributed by atoms with Gasteiger partial charge >= 0.3 is 0 Å². The molecule has 2 aromatic carbocycles. The van der Waals surface area contributed by atoms with Crippen molar-refractivity contribution in [1.29, 1.82) is 0 Å². The minimum atomic E-state index is 0.394. The Balaban J connectivity index is 1.40. The lowest BCUT2D eigenvalue weighted by Gasteiger charge is -2.19. The van der Waals surface area contributed by atoms with Crippen LogP contribution in [0, 0.1) is 0 Å². The predicted molar refractivity (Wildman–Crippen MR) is 117 cm³/mol. The van der Waals surface area contributed by atoms with Crippen molar-refractivity contribution in [3.8, 4) is 23.0 Å². The van der Waals surface area contributed by atoms with E-state index in [1.54, 1.807) is 19.5 Å². The van der Waals surface area contributed by atoms with E-state index in [2.05, 4.69) is 26.2 Å². The third-order valence-electron chi connectivity index (χ3n) is 4.69. The van der Waals surface area contributed by atoms with Gasteiger partial charge in [0.25, 0.3) is 0 Å². The lowest BCUT2D eigenvalue weighted by molar-refractivity contribution is 0.171. The van der Waals surface area contributed by atoms with Crippen LogP contribution in [0.3, 0.4) is 0 Å². The molecule has 7 heteroatoms. The number of ether oxygens (including phenoxy) is 4. The SMILES string of the molecule is COc1cc(CNCc2ccncc2)cc(Br)c1OCc1ccc2c(c1)OCCO2. The first kappa shape index (κ1) is 20.5. The molecule has 0 saturated carbocycles. The highest BCUT2D eigenvalue weighted by atomic mass is 79.9. The van der Waals surface area contributed by atoms with E-state index in [-0.39, 0.29) is 0 Å². The largest absolute Gasteiger partial charge is 0.493 e. The molecule has 0 unspecified atom stereocenters. The van der Waals surface area contributed by atoms with E-state index in [4.69, 9.17) is 18.9 Å². The quantitative estimate of drug-likeness (QED) is 0.523. The van der Waals surface area contributed by atoms with Gasteiger partial charge in [-0.25, -0.2) is 0 Å². The van der Waals surface area contributed by atoms with Gasteiger partial charge in [-0.05, 0) is 69.0 Å². The number of hydrogen-bond acceptors (Lipinski definition) is 6. The minimum absolute atomic E-state index is 0.394. The van der Waals surface area contributed by atoms with Gasteiger partial charge in [0.15, 0.2) is 23.0 Å². The number of methoxy groups -OCH3 is 1. The van der Waals surface area contributed by atoms with Gasteiger partial charge in [0, 0.05) is 25.5 Å². The van der Waals surface area contributed by atoms with Crippen LogP contribution in [0.4, 0.5) is 0 Å². The zero-order valence-electron chi connectivity index (χ0n) is 16.7. The molecule has 2 heterocycles. The van der Waals surface area contributed by atoms with Gasteiger partial charge in [-0.3, -0.25) is 4.98 Å². The fourth-order valence-corrected chi connectivity index (χ4v) is 3.80. The highest BCUT2D eigenvalue weighted by Crippen LogP contribution is 2.38. The van der Waals surface area contributed by atoms with Gasteiger partial charge in [0.1, 0.15) is 19.8 Å². The molecule has 6 nitrogen and oxygen atoms in total. The molecule has 1 N–H and O–H groups in total. The highest BCUT2D eigenvalue weighted by molar-refractivity contribution is 9.10. The Labute approximate surface area is 184 Å². The fraction of sp³-hybridized carbons (Fsp3) is 0.261. The molecule has 1 aromatic heterocycles. The van der Waals surface area contributed by atoms with Crippen molar-refractivity contribution in [2.75, 3.05) is 20.3 Å². The molecular formula is C23H23BrN2O4. The molecule has 0 fully saturated rings. The number of rotatable bonds is 8. The Morgan fingerprint density at radius 3 is 2.50 bits per heavy atom. The van der Waals surface area contributed by atoms with Crippen LogP contribution in [0.2, 0.25) is 0 Å². The van der Waals surface area contributed by atoms with Crippen LogP contribution in [0.1, 0.15) is 16.7 Å². The number of nitrogens with zero attached hydrogens (tertiary/aromatic N) is 1. The summed E-state index contributed by atoms with van der Waals surface area (Å²) in [5.74, 6) is 2.88. The molecular weight excluding hydrogens is 448 g/mol. The van der Waals surface area contributed by atoms with Gasteiger partial charge in [-0.1, -0.05) is 6.07 Å². The molecule has 3 aromatic rings. The molecule has 1 aliphatic heterocycles. The third kappa shape index (κ3) is 5.04. The van der Waals surface area contributed by atoms with E-state index in [1.165, 1.54) is 5.56 Å². The lowest BCUT2D eigenvalue weighted by Crippen LogP contribution is -2.15. The summed E-state index contributed by atoms with van der Waals surface area (Å²) in [6.07, 6.45) is 3.59. The zero-order chi connectivity index (χ0) is 20.8. The number of hydrogen-bond donors (Lipinski definition) is 1. The maximum absolute atomic E-state index is 6.07. The van der Waals surface area contributed by atoms with Crippen molar-refractivity contribution in [2.45, 2.75) is 19.7 Å². The monoisotopic (exact) mass is 470 g/mol. The van der Waals surface area contributed by atoms with Gasteiger partial charge in [0.05, 0.1) is 11.6 Å². The first-order valence-electron chi connectivity index (χ1n) is 9.70. The number of nitrogens with one attached hydrogen (secondary N) is 1. The summed E-state index contributed by atoms with van der Waals surface area (Å²) in [4.78, 5) is 4.04. The van der Waals surface area contributed by atoms with Crippen LogP contribution >= 0.6 is 15.9 Å². The second-order valence-corrected chi connectivity index (χ2v) is 7.69. The molecule has 0 amide bonds. The van der Waals surface area contributed by atoms with E-state index in [1.807, 2.05) is 42.5 Å². The van der Waals surface area contributed by atoms with Crippen LogP contribution in [-0.4, -0.2) is 25.3 Å². The average molecular weight is 471 g/mol. The smallest absolute Gasteiger partial charge is 0.175 e. The first-order valence-corrected chi connectivity index (χ1v) is 10.5. The summed E-state index contributed by atoms with van der Waals surface area (Å²) in [5.41, 5.74) is 3.28. The van der Waals surface area contributed by atoms with Crippen LogP contribution in [-0.2, 0) is 19.7 Å². The Morgan fingerprint density at radius 1 is 0.933 bits per heavy atom. The van der Waals surface area contributed by atoms with Crippen molar-refractivity contribution < 1.29 is 18.9 Å². The van der Waals surface area contributed by atoms with Gasteiger partial charge in [-0.15, -0.1) is 0 Å². The highest BCUT2D eigenvalue weighted by Gasteiger charge is 2.15. The molecule has 156 valence electrons. The molecule has 0 radical (unpaired) electrons. The topological polar surface area (TPSA) is 61.8 Å². The van der Waals surface area contributed by atoms with Crippen molar-refractivity contribution in [1.82, 2.24) is 10.3 Å². The van der Waals surface area contributed by atoms with Crippen molar-refractivity contribution in [2.24, 2.45) is 0 Å². The summed E-state index contributed by atoms with van der Waals surface area (Å²) >= 11 is 3.62. The van der Waals surface area contributed by atoms with E-state index >= 15 is 0 Å². The summed E-state index contributed by atoms with van der Waals surface area (Å²) < 4.78 is 23.7. The van der Waals surface area contributed by atoms with Crippen molar-refractivity contribution >= 4 is 15.9 Å². The Kier molecular flexibility index (Phi) is 6.71. The summed E-state index contributed by atoms with van der Waals surface area (Å²) in [5, 5.41) is 3.43. The van der Waals surface area contributed by atoms with E-state index in [9.17, 15) is 0 Å². The number of benzene rings is 2.